The van der Waals surface area contributed by atoms with E-state index in [2.05, 4.69) is 16.9 Å². The standard InChI is InChI=1S/C17H15N3OS/c1-2-11-6-7-19-9-14(11)15-10-22-17(20-15)13-5-3-4-12(8-13)16(18)21/h3-10H,2H2,1H3,(H2,18,21). The van der Waals surface area contributed by atoms with Gasteiger partial charge < -0.3 is 5.73 Å². The van der Waals surface area contributed by atoms with Gasteiger partial charge in [0.25, 0.3) is 0 Å². The van der Waals surface area contributed by atoms with Gasteiger partial charge in [0.15, 0.2) is 0 Å². The van der Waals surface area contributed by atoms with E-state index in [9.17, 15) is 4.79 Å². The van der Waals surface area contributed by atoms with E-state index in [-0.39, 0.29) is 0 Å². The number of pyridine rings is 1. The van der Waals surface area contributed by atoms with Gasteiger partial charge >= 0.3 is 0 Å². The zero-order valence-corrected chi connectivity index (χ0v) is 12.9. The molecule has 0 aliphatic heterocycles. The molecule has 0 spiro atoms. The molecular weight excluding hydrogens is 294 g/mol. The molecule has 2 N–H and O–H groups in total. The topological polar surface area (TPSA) is 68.9 Å². The lowest BCUT2D eigenvalue weighted by atomic mass is 10.1. The molecule has 5 heteroatoms. The monoisotopic (exact) mass is 309 g/mol. The molecule has 0 fully saturated rings. The molecule has 3 rings (SSSR count). The Kier molecular flexibility index (Phi) is 3.98. The number of carbonyl (C=O) groups is 1. The zero-order valence-electron chi connectivity index (χ0n) is 12.1. The fourth-order valence-corrected chi connectivity index (χ4v) is 3.11. The number of hydrogen-bond donors (Lipinski definition) is 1. The van der Waals surface area contributed by atoms with Gasteiger partial charge in [-0.2, -0.15) is 0 Å². The van der Waals surface area contributed by atoms with Crippen LogP contribution in [0.2, 0.25) is 0 Å². The minimum Gasteiger partial charge on any atom is -0.366 e. The number of aromatic nitrogens is 2. The van der Waals surface area contributed by atoms with E-state index < -0.39 is 5.91 Å². The number of carbonyl (C=O) groups excluding carboxylic acids is 1. The van der Waals surface area contributed by atoms with Crippen LogP contribution in [0, 0.1) is 0 Å². The number of rotatable bonds is 4. The lowest BCUT2D eigenvalue weighted by Gasteiger charge is -2.03. The van der Waals surface area contributed by atoms with Gasteiger partial charge in [0.05, 0.1) is 5.69 Å². The maximum Gasteiger partial charge on any atom is 0.248 e. The number of benzene rings is 1. The highest BCUT2D eigenvalue weighted by atomic mass is 32.1. The Morgan fingerprint density at radius 2 is 2.18 bits per heavy atom. The van der Waals surface area contributed by atoms with E-state index in [0.717, 1.165) is 28.2 Å². The molecule has 0 atom stereocenters. The van der Waals surface area contributed by atoms with Crippen LogP contribution in [-0.2, 0) is 6.42 Å². The van der Waals surface area contributed by atoms with Gasteiger partial charge in [-0.25, -0.2) is 4.98 Å². The summed E-state index contributed by atoms with van der Waals surface area (Å²) in [5.74, 6) is -0.431. The molecule has 4 nitrogen and oxygen atoms in total. The maximum atomic E-state index is 11.3. The summed E-state index contributed by atoms with van der Waals surface area (Å²) in [5, 5.41) is 2.88. The molecule has 3 aromatic rings. The highest BCUT2D eigenvalue weighted by Crippen LogP contribution is 2.30. The first kappa shape index (κ1) is 14.4. The van der Waals surface area contributed by atoms with Crippen LogP contribution in [0.15, 0.2) is 48.1 Å². The summed E-state index contributed by atoms with van der Waals surface area (Å²) in [6.45, 7) is 2.11. The molecule has 1 amide bonds. The van der Waals surface area contributed by atoms with Gasteiger partial charge in [-0.15, -0.1) is 11.3 Å². The summed E-state index contributed by atoms with van der Waals surface area (Å²) in [6.07, 6.45) is 4.57. The third kappa shape index (κ3) is 2.76. The Bertz CT molecular complexity index is 826. The lowest BCUT2D eigenvalue weighted by molar-refractivity contribution is 0.100. The quantitative estimate of drug-likeness (QED) is 0.801. The van der Waals surface area contributed by atoms with Crippen LogP contribution >= 0.6 is 11.3 Å². The molecule has 1 aromatic carbocycles. The summed E-state index contributed by atoms with van der Waals surface area (Å²) in [6, 6.07) is 9.24. The van der Waals surface area contributed by atoms with Gasteiger partial charge in [-0.1, -0.05) is 19.1 Å². The van der Waals surface area contributed by atoms with Gasteiger partial charge in [0.2, 0.25) is 5.91 Å². The second-order valence-electron chi connectivity index (χ2n) is 4.87. The highest BCUT2D eigenvalue weighted by Gasteiger charge is 2.11. The molecule has 0 unspecified atom stereocenters. The molecule has 0 radical (unpaired) electrons. The third-order valence-corrected chi connectivity index (χ3v) is 4.36. The van der Waals surface area contributed by atoms with Crippen molar-refractivity contribution in [3.05, 3.63) is 59.2 Å². The first-order valence-electron chi connectivity index (χ1n) is 6.98. The SMILES string of the molecule is CCc1ccncc1-c1csc(-c2cccc(C(N)=O)c2)n1. The molecule has 22 heavy (non-hydrogen) atoms. The Balaban J connectivity index is 2.01. The number of nitrogens with zero attached hydrogens (tertiary/aromatic N) is 2. The Hall–Kier alpha value is -2.53. The molecule has 110 valence electrons. The third-order valence-electron chi connectivity index (χ3n) is 3.47. The number of aryl methyl sites for hydroxylation is 1. The number of nitrogens with two attached hydrogens (primary N) is 1. The maximum absolute atomic E-state index is 11.3. The summed E-state index contributed by atoms with van der Waals surface area (Å²) in [4.78, 5) is 20.2. The minimum atomic E-state index is -0.431. The second kappa shape index (κ2) is 6.07. The van der Waals surface area contributed by atoms with Crippen LogP contribution in [0.1, 0.15) is 22.8 Å². The van der Waals surface area contributed by atoms with Crippen LogP contribution < -0.4 is 5.73 Å². The highest BCUT2D eigenvalue weighted by molar-refractivity contribution is 7.13. The van der Waals surface area contributed by atoms with E-state index >= 15 is 0 Å². The van der Waals surface area contributed by atoms with Crippen LogP contribution in [0.25, 0.3) is 21.8 Å². The van der Waals surface area contributed by atoms with E-state index in [4.69, 9.17) is 5.73 Å². The second-order valence-corrected chi connectivity index (χ2v) is 5.73. The Morgan fingerprint density at radius 3 is 2.95 bits per heavy atom. The van der Waals surface area contributed by atoms with E-state index in [1.54, 1.807) is 29.7 Å². The normalized spacial score (nSPS) is 10.6. The van der Waals surface area contributed by atoms with Gasteiger partial charge in [0.1, 0.15) is 5.01 Å². The molecule has 2 aromatic heterocycles. The van der Waals surface area contributed by atoms with Crippen molar-refractivity contribution in [1.82, 2.24) is 9.97 Å². The van der Waals surface area contributed by atoms with Crippen LogP contribution in [0.5, 0.6) is 0 Å². The van der Waals surface area contributed by atoms with Crippen molar-refractivity contribution in [2.75, 3.05) is 0 Å². The molecule has 0 aliphatic carbocycles. The van der Waals surface area contributed by atoms with E-state index in [0.29, 0.717) is 5.56 Å². The predicted octanol–water partition coefficient (Wildman–Crippen LogP) is 3.53. The predicted molar refractivity (Wildman–Crippen MR) is 88.7 cm³/mol. The molecule has 0 saturated carbocycles. The Labute approximate surface area is 132 Å². The van der Waals surface area contributed by atoms with E-state index in [1.807, 2.05) is 29.8 Å². The van der Waals surface area contributed by atoms with Crippen molar-refractivity contribution in [2.24, 2.45) is 5.73 Å². The molecule has 0 bridgehead atoms. The van der Waals surface area contributed by atoms with Gasteiger partial charge in [0, 0.05) is 34.5 Å². The number of hydrogen-bond acceptors (Lipinski definition) is 4. The molecule has 0 saturated heterocycles. The fraction of sp³-hybridized carbons (Fsp3) is 0.118. The van der Waals surface area contributed by atoms with Gasteiger partial charge in [-0.05, 0) is 30.2 Å². The minimum absolute atomic E-state index is 0.431. The number of thiazole rings is 1. The first-order valence-corrected chi connectivity index (χ1v) is 7.86. The average molecular weight is 309 g/mol. The molecule has 0 aliphatic rings. The largest absolute Gasteiger partial charge is 0.366 e. The summed E-state index contributed by atoms with van der Waals surface area (Å²) in [7, 11) is 0. The van der Waals surface area contributed by atoms with Crippen molar-refractivity contribution in [2.45, 2.75) is 13.3 Å². The smallest absolute Gasteiger partial charge is 0.248 e. The molecule has 2 heterocycles. The number of amides is 1. The van der Waals surface area contributed by atoms with Crippen LogP contribution in [0.4, 0.5) is 0 Å². The van der Waals surface area contributed by atoms with Crippen molar-refractivity contribution in [3.63, 3.8) is 0 Å². The van der Waals surface area contributed by atoms with Gasteiger partial charge in [-0.3, -0.25) is 9.78 Å². The van der Waals surface area contributed by atoms with Crippen molar-refractivity contribution < 1.29 is 4.79 Å². The lowest BCUT2D eigenvalue weighted by Crippen LogP contribution is -2.10. The summed E-state index contributed by atoms with van der Waals surface area (Å²) < 4.78 is 0. The van der Waals surface area contributed by atoms with Crippen molar-refractivity contribution >= 4 is 17.2 Å². The van der Waals surface area contributed by atoms with Crippen LogP contribution in [0.3, 0.4) is 0 Å². The Morgan fingerprint density at radius 1 is 1.32 bits per heavy atom. The molecular formula is C17H15N3OS. The van der Waals surface area contributed by atoms with Crippen molar-refractivity contribution in [3.8, 4) is 21.8 Å². The first-order chi connectivity index (χ1) is 10.7. The fourth-order valence-electron chi connectivity index (χ4n) is 2.30. The average Bonchev–Trinajstić information content (AvgIpc) is 3.04. The summed E-state index contributed by atoms with van der Waals surface area (Å²) >= 11 is 1.55. The summed E-state index contributed by atoms with van der Waals surface area (Å²) in [5.41, 5.74) is 9.90. The zero-order chi connectivity index (χ0) is 15.5. The van der Waals surface area contributed by atoms with Crippen molar-refractivity contribution in [1.29, 1.82) is 0 Å². The van der Waals surface area contributed by atoms with E-state index in [1.165, 1.54) is 5.56 Å². The van der Waals surface area contributed by atoms with Crippen LogP contribution in [-0.4, -0.2) is 15.9 Å². The number of primary amides is 1.